The molecule has 3 heterocycles. The first kappa shape index (κ1) is 24.1. The minimum absolute atomic E-state index is 0.144. The number of ether oxygens (including phenoxy) is 1. The maximum atomic E-state index is 12.9. The molecule has 35 heavy (non-hydrogen) atoms. The highest BCUT2D eigenvalue weighted by atomic mass is 16.5. The van der Waals surface area contributed by atoms with E-state index in [1.165, 1.54) is 12.3 Å². The van der Waals surface area contributed by atoms with Gasteiger partial charge in [0.05, 0.1) is 31.2 Å². The van der Waals surface area contributed by atoms with Gasteiger partial charge in [0.15, 0.2) is 5.65 Å². The summed E-state index contributed by atoms with van der Waals surface area (Å²) in [5.41, 5.74) is 2.26. The Kier molecular flexibility index (Phi) is 7.56. The molecule has 1 amide bonds. The van der Waals surface area contributed by atoms with Gasteiger partial charge in [0, 0.05) is 37.9 Å². The Morgan fingerprint density at radius 1 is 1.29 bits per heavy atom. The number of hydrogen-bond donors (Lipinski definition) is 3. The number of benzene rings is 1. The quantitative estimate of drug-likeness (QED) is 0.312. The van der Waals surface area contributed by atoms with Crippen LogP contribution in [0.3, 0.4) is 0 Å². The van der Waals surface area contributed by atoms with Gasteiger partial charge < -0.3 is 25.6 Å². The van der Waals surface area contributed by atoms with Crippen molar-refractivity contribution >= 4 is 34.4 Å². The standard InChI is InChI=1S/C24H30N8O3/c1-4-21(33)31-11-5-6-17(15-31)32-22(34)14-27-19-13-28-24(30-23(19)32)29-18-8-7-16(12-20(18)35-3)26-10-9-25-2/h4,7-8,12-14,17,25-26H,1,5-6,9-11,15H2,2-3H3,(H,28,29,30)/t17-/m1/s1. The first-order valence-electron chi connectivity index (χ1n) is 11.5. The first-order valence-corrected chi connectivity index (χ1v) is 11.5. The van der Waals surface area contributed by atoms with Crippen LogP contribution in [0, 0.1) is 0 Å². The van der Waals surface area contributed by atoms with E-state index >= 15 is 0 Å². The van der Waals surface area contributed by atoms with E-state index in [0.717, 1.165) is 31.6 Å². The van der Waals surface area contributed by atoms with Gasteiger partial charge in [-0.25, -0.2) is 9.97 Å². The van der Waals surface area contributed by atoms with Crippen molar-refractivity contribution in [2.24, 2.45) is 0 Å². The van der Waals surface area contributed by atoms with Crippen LogP contribution in [0.4, 0.5) is 17.3 Å². The highest BCUT2D eigenvalue weighted by Gasteiger charge is 2.26. The van der Waals surface area contributed by atoms with Crippen molar-refractivity contribution in [2.45, 2.75) is 18.9 Å². The molecule has 0 bridgehead atoms. The number of rotatable bonds is 9. The second-order valence-electron chi connectivity index (χ2n) is 8.22. The van der Waals surface area contributed by atoms with Crippen molar-refractivity contribution < 1.29 is 9.53 Å². The lowest BCUT2D eigenvalue weighted by Crippen LogP contribution is -2.42. The third kappa shape index (κ3) is 5.40. The molecule has 1 aromatic carbocycles. The summed E-state index contributed by atoms with van der Waals surface area (Å²) in [5.74, 6) is 0.786. The zero-order chi connectivity index (χ0) is 24.8. The van der Waals surface area contributed by atoms with Gasteiger partial charge >= 0.3 is 0 Å². The molecule has 4 rings (SSSR count). The monoisotopic (exact) mass is 478 g/mol. The number of aromatic nitrogens is 4. The van der Waals surface area contributed by atoms with E-state index in [9.17, 15) is 9.59 Å². The number of carbonyl (C=O) groups is 1. The number of anilines is 3. The number of fused-ring (bicyclic) bond motifs is 1. The second kappa shape index (κ2) is 11.0. The minimum atomic E-state index is -0.269. The van der Waals surface area contributed by atoms with Crippen LogP contribution >= 0.6 is 0 Å². The third-order valence-electron chi connectivity index (χ3n) is 5.93. The molecule has 1 aliphatic rings. The highest BCUT2D eigenvalue weighted by molar-refractivity contribution is 5.87. The summed E-state index contributed by atoms with van der Waals surface area (Å²) in [5, 5.41) is 9.60. The van der Waals surface area contributed by atoms with E-state index in [1.807, 2.05) is 25.2 Å². The molecule has 0 spiro atoms. The molecule has 1 saturated heterocycles. The molecule has 1 aliphatic heterocycles. The predicted molar refractivity (Wildman–Crippen MR) is 135 cm³/mol. The Bertz CT molecular complexity index is 1280. The Balaban J connectivity index is 1.64. The van der Waals surface area contributed by atoms with Crippen LogP contribution in [0.2, 0.25) is 0 Å². The van der Waals surface area contributed by atoms with Gasteiger partial charge in [0.2, 0.25) is 11.9 Å². The van der Waals surface area contributed by atoms with Gasteiger partial charge in [-0.05, 0) is 38.1 Å². The van der Waals surface area contributed by atoms with Gasteiger partial charge in [-0.3, -0.25) is 14.2 Å². The van der Waals surface area contributed by atoms with Crippen LogP contribution in [-0.2, 0) is 4.79 Å². The van der Waals surface area contributed by atoms with Gasteiger partial charge in [-0.15, -0.1) is 0 Å². The van der Waals surface area contributed by atoms with Crippen LogP contribution < -0.4 is 26.2 Å². The first-order chi connectivity index (χ1) is 17.0. The van der Waals surface area contributed by atoms with Crippen LogP contribution in [0.15, 0.2) is 48.0 Å². The summed E-state index contributed by atoms with van der Waals surface area (Å²) < 4.78 is 7.16. The number of methoxy groups -OCH3 is 1. The molecule has 3 N–H and O–H groups in total. The zero-order valence-electron chi connectivity index (χ0n) is 20.0. The lowest BCUT2D eigenvalue weighted by molar-refractivity contribution is -0.127. The van der Waals surface area contributed by atoms with Crippen molar-refractivity contribution in [2.75, 3.05) is 51.0 Å². The molecule has 1 fully saturated rings. The van der Waals surface area contributed by atoms with Crippen molar-refractivity contribution in [1.82, 2.24) is 29.7 Å². The Hall–Kier alpha value is -3.99. The number of amides is 1. The van der Waals surface area contributed by atoms with Crippen molar-refractivity contribution in [3.63, 3.8) is 0 Å². The average Bonchev–Trinajstić information content (AvgIpc) is 2.89. The Labute approximate surface area is 203 Å². The van der Waals surface area contributed by atoms with E-state index in [0.29, 0.717) is 41.6 Å². The van der Waals surface area contributed by atoms with E-state index in [1.54, 1.807) is 22.8 Å². The number of hydrogen-bond acceptors (Lipinski definition) is 9. The molecular formula is C24H30N8O3. The van der Waals surface area contributed by atoms with Crippen molar-refractivity contribution in [3.05, 3.63) is 53.6 Å². The zero-order valence-corrected chi connectivity index (χ0v) is 20.0. The summed E-state index contributed by atoms with van der Waals surface area (Å²) in [6.07, 6.45) is 5.69. The number of likely N-dealkylation sites (tertiary alicyclic amines) is 1. The maximum absolute atomic E-state index is 12.9. The SMILES string of the molecule is C=CC(=O)N1CCC[C@@H](n2c(=O)cnc3cnc(Nc4ccc(NCCNC)cc4OC)nc32)C1. The number of likely N-dealkylation sites (N-methyl/N-ethyl adjacent to an activating group) is 1. The second-order valence-corrected chi connectivity index (χ2v) is 8.22. The van der Waals surface area contributed by atoms with Gasteiger partial charge in [0.1, 0.15) is 11.3 Å². The number of nitrogens with one attached hydrogen (secondary N) is 3. The fourth-order valence-electron chi connectivity index (χ4n) is 4.19. The third-order valence-corrected chi connectivity index (χ3v) is 5.93. The molecule has 11 nitrogen and oxygen atoms in total. The van der Waals surface area contributed by atoms with Gasteiger partial charge in [-0.2, -0.15) is 4.98 Å². The van der Waals surface area contributed by atoms with Crippen molar-refractivity contribution in [3.8, 4) is 5.75 Å². The molecule has 1 atom stereocenters. The van der Waals surface area contributed by atoms with Gasteiger partial charge in [-0.1, -0.05) is 6.58 Å². The molecule has 0 aliphatic carbocycles. The fraction of sp³-hybridized carbons (Fsp3) is 0.375. The molecule has 3 aromatic rings. The Morgan fingerprint density at radius 2 is 2.14 bits per heavy atom. The van der Waals surface area contributed by atoms with E-state index in [4.69, 9.17) is 4.74 Å². The van der Waals surface area contributed by atoms with Gasteiger partial charge in [0.25, 0.3) is 5.56 Å². The molecule has 11 heteroatoms. The summed E-state index contributed by atoms with van der Waals surface area (Å²) >= 11 is 0. The maximum Gasteiger partial charge on any atom is 0.270 e. The highest BCUT2D eigenvalue weighted by Crippen LogP contribution is 2.30. The lowest BCUT2D eigenvalue weighted by Gasteiger charge is -2.33. The Morgan fingerprint density at radius 3 is 2.91 bits per heavy atom. The minimum Gasteiger partial charge on any atom is -0.494 e. The smallest absolute Gasteiger partial charge is 0.270 e. The molecule has 184 valence electrons. The van der Waals surface area contributed by atoms with Crippen LogP contribution in [0.25, 0.3) is 11.2 Å². The summed E-state index contributed by atoms with van der Waals surface area (Å²) in [4.78, 5) is 39.9. The lowest BCUT2D eigenvalue weighted by atomic mass is 10.1. The van der Waals surface area contributed by atoms with Crippen molar-refractivity contribution in [1.29, 1.82) is 0 Å². The molecular weight excluding hydrogens is 448 g/mol. The predicted octanol–water partition coefficient (Wildman–Crippen LogP) is 1.92. The van der Waals surface area contributed by atoms with Crippen LogP contribution in [0.1, 0.15) is 18.9 Å². The average molecular weight is 479 g/mol. The number of nitrogens with zero attached hydrogens (tertiary/aromatic N) is 5. The number of piperidine rings is 1. The summed E-state index contributed by atoms with van der Waals surface area (Å²) in [6.45, 7) is 6.24. The molecule has 0 saturated carbocycles. The molecule has 2 aromatic heterocycles. The topological polar surface area (TPSA) is 126 Å². The fourth-order valence-corrected chi connectivity index (χ4v) is 4.19. The van der Waals surface area contributed by atoms with E-state index in [2.05, 4.69) is 37.5 Å². The van der Waals surface area contributed by atoms with E-state index < -0.39 is 0 Å². The van der Waals surface area contributed by atoms with Crippen LogP contribution in [-0.4, -0.2) is 70.7 Å². The number of carbonyl (C=O) groups excluding carboxylic acids is 1. The summed E-state index contributed by atoms with van der Waals surface area (Å²) in [7, 11) is 3.50. The molecule has 0 unspecified atom stereocenters. The normalized spacial score (nSPS) is 15.6. The summed E-state index contributed by atoms with van der Waals surface area (Å²) in [6, 6.07) is 5.49. The largest absolute Gasteiger partial charge is 0.494 e. The molecule has 0 radical (unpaired) electrons. The van der Waals surface area contributed by atoms with Crippen LogP contribution in [0.5, 0.6) is 5.75 Å². The van der Waals surface area contributed by atoms with E-state index in [-0.39, 0.29) is 17.5 Å².